The van der Waals surface area contributed by atoms with Gasteiger partial charge in [-0.25, -0.2) is 14.2 Å². The highest BCUT2D eigenvalue weighted by Gasteiger charge is 2.44. The zero-order valence-corrected chi connectivity index (χ0v) is 15.3. The molecule has 1 amide bonds. The maximum absolute atomic E-state index is 13.5. The van der Waals surface area contributed by atoms with Gasteiger partial charge in [-0.3, -0.25) is 9.59 Å². The Hall–Kier alpha value is -2.62. The molecule has 0 saturated carbocycles. The van der Waals surface area contributed by atoms with E-state index in [1.54, 1.807) is 20.8 Å². The van der Waals surface area contributed by atoms with Crippen LogP contribution in [0.4, 0.5) is 14.5 Å². The first-order chi connectivity index (χ1) is 12.5. The van der Waals surface area contributed by atoms with Crippen LogP contribution in [0.5, 0.6) is 0 Å². The van der Waals surface area contributed by atoms with Crippen molar-refractivity contribution in [2.75, 3.05) is 18.1 Å². The Morgan fingerprint density at radius 2 is 2.04 bits per heavy atom. The third-order valence-electron chi connectivity index (χ3n) is 3.42. The fourth-order valence-electron chi connectivity index (χ4n) is 2.41. The first-order valence-electron chi connectivity index (χ1n) is 8.13. The average Bonchev–Trinajstić information content (AvgIpc) is 2.54. The van der Waals surface area contributed by atoms with E-state index in [4.69, 9.17) is 14.2 Å². The molecule has 1 aliphatic heterocycles. The van der Waals surface area contributed by atoms with Crippen LogP contribution in [-0.4, -0.2) is 53.8 Å². The number of anilines is 1. The minimum Gasteiger partial charge on any atom is -0.457 e. The maximum atomic E-state index is 13.5. The van der Waals surface area contributed by atoms with E-state index in [1.807, 2.05) is 0 Å². The number of hydrogen-bond acceptors (Lipinski definition) is 7. The third-order valence-corrected chi connectivity index (χ3v) is 3.42. The van der Waals surface area contributed by atoms with Gasteiger partial charge < -0.3 is 19.1 Å². The summed E-state index contributed by atoms with van der Waals surface area (Å²) in [6, 6.07) is 0.803. The normalized spacial score (nSPS) is 18.8. The van der Waals surface area contributed by atoms with E-state index in [1.165, 1.54) is 0 Å². The van der Waals surface area contributed by atoms with E-state index in [0.29, 0.717) is 0 Å². The average molecular weight is 386 g/mol. The number of carbonyl (C=O) groups excluding carboxylic acids is 3. The van der Waals surface area contributed by atoms with Gasteiger partial charge in [-0.1, -0.05) is 0 Å². The molecule has 10 heteroatoms. The van der Waals surface area contributed by atoms with Crippen molar-refractivity contribution < 1.29 is 37.4 Å². The molecule has 0 radical (unpaired) electrons. The molecule has 0 N–H and O–H groups in total. The lowest BCUT2D eigenvalue weighted by Gasteiger charge is -2.35. The summed E-state index contributed by atoms with van der Waals surface area (Å²) in [4.78, 5) is 40.9. The van der Waals surface area contributed by atoms with Crippen LogP contribution in [-0.2, 0) is 28.6 Å². The number of aromatic nitrogens is 1. The Kier molecular flexibility index (Phi) is 6.09. The molecule has 2 rings (SSSR count). The number of hydrogen-bond donors (Lipinski definition) is 0. The van der Waals surface area contributed by atoms with Gasteiger partial charge in [-0.15, -0.1) is 0 Å². The number of carbonyl (C=O) groups is 3. The van der Waals surface area contributed by atoms with E-state index in [2.05, 4.69) is 4.98 Å². The molecule has 1 saturated heterocycles. The molecule has 148 valence electrons. The number of pyridine rings is 1. The number of halogens is 2. The SMILES string of the molecule is CC(=O)OC(C(=O)OC(C)(C)C)C1OCCN(c2cnc(F)c(F)c2)C1=O. The molecule has 0 bridgehead atoms. The Labute approximate surface area is 154 Å². The lowest BCUT2D eigenvalue weighted by Crippen LogP contribution is -2.56. The highest BCUT2D eigenvalue weighted by molar-refractivity contribution is 6.00. The van der Waals surface area contributed by atoms with Crippen LogP contribution in [0.1, 0.15) is 27.7 Å². The standard InChI is InChI=1S/C17H20F2N2O6/c1-9(22)26-13(16(24)27-17(2,3)4)12-15(23)21(5-6-25-12)10-7-11(18)14(19)20-8-10/h7-8,12-13H,5-6H2,1-4H3. The van der Waals surface area contributed by atoms with E-state index < -0.39 is 47.4 Å². The molecule has 2 heterocycles. The number of amides is 1. The van der Waals surface area contributed by atoms with Crippen molar-refractivity contribution >= 4 is 23.5 Å². The summed E-state index contributed by atoms with van der Waals surface area (Å²) in [5.41, 5.74) is -0.908. The molecule has 1 aromatic heterocycles. The monoisotopic (exact) mass is 386 g/mol. The smallest absolute Gasteiger partial charge is 0.351 e. The molecule has 27 heavy (non-hydrogen) atoms. The largest absolute Gasteiger partial charge is 0.457 e. The van der Waals surface area contributed by atoms with Crippen LogP contribution < -0.4 is 4.90 Å². The van der Waals surface area contributed by atoms with Crippen LogP contribution in [0.3, 0.4) is 0 Å². The Morgan fingerprint density at radius 1 is 1.37 bits per heavy atom. The highest BCUT2D eigenvalue weighted by Crippen LogP contribution is 2.23. The van der Waals surface area contributed by atoms with Gasteiger partial charge in [0, 0.05) is 19.5 Å². The summed E-state index contributed by atoms with van der Waals surface area (Å²) in [5.74, 6) is -5.07. The van der Waals surface area contributed by atoms with E-state index in [0.717, 1.165) is 24.1 Å². The van der Waals surface area contributed by atoms with Gasteiger partial charge in [0.15, 0.2) is 11.9 Å². The van der Waals surface area contributed by atoms with Crippen molar-refractivity contribution in [2.45, 2.75) is 45.5 Å². The first kappa shape index (κ1) is 20.7. The summed E-state index contributed by atoms with van der Waals surface area (Å²) in [6.07, 6.45) is -2.16. The minimum absolute atomic E-state index is 0.0158. The zero-order chi connectivity index (χ0) is 20.4. The molecule has 2 unspecified atom stereocenters. The van der Waals surface area contributed by atoms with Crippen LogP contribution in [0.25, 0.3) is 0 Å². The van der Waals surface area contributed by atoms with Crippen molar-refractivity contribution in [3.63, 3.8) is 0 Å². The topological polar surface area (TPSA) is 95.0 Å². The van der Waals surface area contributed by atoms with E-state index in [-0.39, 0.29) is 18.8 Å². The second-order valence-corrected chi connectivity index (χ2v) is 6.81. The number of rotatable bonds is 4. The van der Waals surface area contributed by atoms with Gasteiger partial charge in [0.05, 0.1) is 18.5 Å². The predicted molar refractivity (Wildman–Crippen MR) is 87.6 cm³/mol. The molecule has 0 aliphatic carbocycles. The minimum atomic E-state index is -1.64. The van der Waals surface area contributed by atoms with Gasteiger partial charge in [-0.2, -0.15) is 4.39 Å². The summed E-state index contributed by atoms with van der Waals surface area (Å²) in [7, 11) is 0. The summed E-state index contributed by atoms with van der Waals surface area (Å²) < 4.78 is 42.0. The lowest BCUT2D eigenvalue weighted by molar-refractivity contribution is -0.188. The fourth-order valence-corrected chi connectivity index (χ4v) is 2.41. The van der Waals surface area contributed by atoms with Gasteiger partial charge in [-0.05, 0) is 20.8 Å². The van der Waals surface area contributed by atoms with E-state index in [9.17, 15) is 23.2 Å². The molecule has 0 aromatic carbocycles. The molecule has 1 fully saturated rings. The van der Waals surface area contributed by atoms with Crippen molar-refractivity contribution in [1.82, 2.24) is 4.98 Å². The first-order valence-corrected chi connectivity index (χ1v) is 8.13. The van der Waals surface area contributed by atoms with Crippen LogP contribution in [0.15, 0.2) is 12.3 Å². The van der Waals surface area contributed by atoms with Gasteiger partial charge in [0.25, 0.3) is 5.91 Å². The number of esters is 2. The molecule has 1 aromatic rings. The summed E-state index contributed by atoms with van der Waals surface area (Å²) in [6.45, 7) is 5.89. The van der Waals surface area contributed by atoms with Crippen molar-refractivity contribution in [2.24, 2.45) is 0 Å². The molecular weight excluding hydrogens is 366 g/mol. The van der Waals surface area contributed by atoms with Gasteiger partial charge in [0.1, 0.15) is 5.60 Å². The summed E-state index contributed by atoms with van der Waals surface area (Å²) in [5, 5.41) is 0. The molecular formula is C17H20F2N2O6. The second kappa shape index (κ2) is 7.95. The number of nitrogens with zero attached hydrogens (tertiary/aromatic N) is 2. The Bertz CT molecular complexity index is 749. The molecule has 8 nitrogen and oxygen atoms in total. The second-order valence-electron chi connectivity index (χ2n) is 6.81. The van der Waals surface area contributed by atoms with Crippen molar-refractivity contribution in [3.8, 4) is 0 Å². The van der Waals surface area contributed by atoms with Crippen LogP contribution >= 0.6 is 0 Å². The maximum Gasteiger partial charge on any atom is 0.351 e. The molecule has 2 atom stereocenters. The lowest BCUT2D eigenvalue weighted by atomic mass is 10.1. The van der Waals surface area contributed by atoms with Gasteiger partial charge >= 0.3 is 11.9 Å². The highest BCUT2D eigenvalue weighted by atomic mass is 19.2. The number of ether oxygens (including phenoxy) is 3. The predicted octanol–water partition coefficient (Wildman–Crippen LogP) is 1.36. The third kappa shape index (κ3) is 5.19. The molecule has 1 aliphatic rings. The zero-order valence-electron chi connectivity index (χ0n) is 15.3. The Morgan fingerprint density at radius 3 is 2.59 bits per heavy atom. The van der Waals surface area contributed by atoms with Gasteiger partial charge in [0.2, 0.25) is 12.1 Å². The van der Waals surface area contributed by atoms with Crippen molar-refractivity contribution in [3.05, 3.63) is 24.0 Å². The van der Waals surface area contributed by atoms with Crippen LogP contribution in [0.2, 0.25) is 0 Å². The quantitative estimate of drug-likeness (QED) is 0.570. The van der Waals surface area contributed by atoms with Crippen LogP contribution in [0, 0.1) is 11.8 Å². The van der Waals surface area contributed by atoms with Crippen molar-refractivity contribution in [1.29, 1.82) is 0 Å². The molecule has 0 spiro atoms. The number of morpholine rings is 1. The Balaban J connectivity index is 2.29. The summed E-state index contributed by atoms with van der Waals surface area (Å²) >= 11 is 0. The van der Waals surface area contributed by atoms with E-state index >= 15 is 0 Å². The fraction of sp³-hybridized carbons (Fsp3) is 0.529.